The highest BCUT2D eigenvalue weighted by molar-refractivity contribution is 5.82. The van der Waals surface area contributed by atoms with Crippen LogP contribution in [0.3, 0.4) is 0 Å². The van der Waals surface area contributed by atoms with Crippen molar-refractivity contribution in [3.8, 4) is 0 Å². The van der Waals surface area contributed by atoms with Crippen LogP contribution in [-0.2, 0) is 6.61 Å². The number of aliphatic hydroxyl groups excluding tert-OH is 1. The number of aliphatic hydroxyl groups is 1. The Balaban J connectivity index is 0.000000845. The van der Waals surface area contributed by atoms with E-state index in [4.69, 9.17) is 5.11 Å². The van der Waals surface area contributed by atoms with Crippen LogP contribution in [0.15, 0.2) is 42.5 Å². The molecule has 2 aromatic rings. The smallest absolute Gasteiger partial charge is 0.0682 e. The van der Waals surface area contributed by atoms with Gasteiger partial charge in [0, 0.05) is 0 Å². The molecule has 0 atom stereocenters. The lowest BCUT2D eigenvalue weighted by Crippen LogP contribution is -1.81. The van der Waals surface area contributed by atoms with E-state index in [0.717, 1.165) is 5.56 Å². The van der Waals surface area contributed by atoms with Gasteiger partial charge in [-0.15, -0.1) is 0 Å². The molecule has 0 heterocycles. The zero-order valence-electron chi connectivity index (χ0n) is 7.20. The zero-order valence-corrected chi connectivity index (χ0v) is 7.20. The van der Waals surface area contributed by atoms with Crippen molar-refractivity contribution in [1.29, 1.82) is 0 Å². The Morgan fingerprint density at radius 1 is 0.923 bits per heavy atom. The van der Waals surface area contributed by atoms with Crippen molar-refractivity contribution >= 4 is 10.8 Å². The maximum Gasteiger partial charge on any atom is 0.0682 e. The van der Waals surface area contributed by atoms with E-state index in [1.54, 1.807) is 0 Å². The first-order valence-electron chi connectivity index (χ1n) is 3.99. The van der Waals surface area contributed by atoms with Crippen molar-refractivity contribution in [2.75, 3.05) is 0 Å². The van der Waals surface area contributed by atoms with Gasteiger partial charge in [-0.1, -0.05) is 36.4 Å². The summed E-state index contributed by atoms with van der Waals surface area (Å²) < 4.78 is 0. The van der Waals surface area contributed by atoms with Crippen molar-refractivity contribution in [2.24, 2.45) is 0 Å². The van der Waals surface area contributed by atoms with E-state index in [1.165, 1.54) is 10.8 Å². The van der Waals surface area contributed by atoms with E-state index >= 15 is 0 Å². The van der Waals surface area contributed by atoms with E-state index in [1.807, 2.05) is 30.3 Å². The molecular formula is C11H12O2. The van der Waals surface area contributed by atoms with Crippen LogP contribution in [0.5, 0.6) is 0 Å². The third kappa shape index (κ3) is 1.86. The summed E-state index contributed by atoms with van der Waals surface area (Å²) in [4.78, 5) is 0. The molecule has 0 aliphatic carbocycles. The Bertz CT molecular complexity index is 396. The topological polar surface area (TPSA) is 51.7 Å². The fourth-order valence-electron chi connectivity index (χ4n) is 1.34. The minimum absolute atomic E-state index is 0. The van der Waals surface area contributed by atoms with E-state index in [-0.39, 0.29) is 12.1 Å². The Morgan fingerprint density at radius 2 is 1.62 bits per heavy atom. The average Bonchev–Trinajstić information content (AvgIpc) is 2.17. The van der Waals surface area contributed by atoms with Crippen LogP contribution >= 0.6 is 0 Å². The van der Waals surface area contributed by atoms with Crippen LogP contribution in [0.2, 0.25) is 0 Å². The SMILES string of the molecule is O.OCc1ccc2ccccc2c1. The van der Waals surface area contributed by atoms with Crippen molar-refractivity contribution < 1.29 is 10.6 Å². The summed E-state index contributed by atoms with van der Waals surface area (Å²) in [6.45, 7) is 0.116. The fourth-order valence-corrected chi connectivity index (χ4v) is 1.34. The number of hydrogen-bond acceptors (Lipinski definition) is 1. The van der Waals surface area contributed by atoms with Gasteiger partial charge in [-0.25, -0.2) is 0 Å². The first-order valence-corrected chi connectivity index (χ1v) is 3.99. The molecule has 2 heteroatoms. The highest BCUT2D eigenvalue weighted by Crippen LogP contribution is 2.15. The van der Waals surface area contributed by atoms with E-state index < -0.39 is 0 Å². The van der Waals surface area contributed by atoms with Gasteiger partial charge in [0.25, 0.3) is 0 Å². The van der Waals surface area contributed by atoms with Crippen molar-refractivity contribution in [2.45, 2.75) is 6.61 Å². The highest BCUT2D eigenvalue weighted by Gasteiger charge is 1.92. The normalized spacial score (nSPS) is 9.62. The number of rotatable bonds is 1. The molecule has 68 valence electrons. The lowest BCUT2D eigenvalue weighted by atomic mass is 10.1. The Kier molecular flexibility index (Phi) is 3.01. The molecule has 0 saturated heterocycles. The minimum Gasteiger partial charge on any atom is -0.412 e. The first-order chi connectivity index (χ1) is 5.90. The molecule has 2 aromatic carbocycles. The molecule has 0 saturated carbocycles. The number of hydrogen-bond donors (Lipinski definition) is 1. The number of benzene rings is 2. The van der Waals surface area contributed by atoms with E-state index in [0.29, 0.717) is 0 Å². The summed E-state index contributed by atoms with van der Waals surface area (Å²) in [6.07, 6.45) is 0. The predicted molar refractivity (Wildman–Crippen MR) is 53.5 cm³/mol. The van der Waals surface area contributed by atoms with Crippen molar-refractivity contribution in [3.63, 3.8) is 0 Å². The van der Waals surface area contributed by atoms with Crippen molar-refractivity contribution in [3.05, 3.63) is 48.0 Å². The van der Waals surface area contributed by atoms with Crippen LogP contribution in [0, 0.1) is 0 Å². The predicted octanol–water partition coefficient (Wildman–Crippen LogP) is 1.51. The summed E-state index contributed by atoms with van der Waals surface area (Å²) in [5.41, 5.74) is 0.966. The first kappa shape index (κ1) is 9.71. The van der Waals surface area contributed by atoms with Gasteiger partial charge in [0.05, 0.1) is 6.61 Å². The van der Waals surface area contributed by atoms with Crippen LogP contribution < -0.4 is 0 Å². The van der Waals surface area contributed by atoms with Gasteiger partial charge in [0.15, 0.2) is 0 Å². The molecule has 0 bridgehead atoms. The second kappa shape index (κ2) is 4.03. The molecule has 2 nitrogen and oxygen atoms in total. The zero-order chi connectivity index (χ0) is 8.39. The monoisotopic (exact) mass is 176 g/mol. The van der Waals surface area contributed by atoms with Gasteiger partial charge >= 0.3 is 0 Å². The third-order valence-corrected chi connectivity index (χ3v) is 2.00. The van der Waals surface area contributed by atoms with Crippen LogP contribution in [0.1, 0.15) is 5.56 Å². The molecule has 0 aromatic heterocycles. The van der Waals surface area contributed by atoms with Crippen LogP contribution in [0.25, 0.3) is 10.8 Å². The number of fused-ring (bicyclic) bond motifs is 1. The lowest BCUT2D eigenvalue weighted by Gasteiger charge is -1.99. The van der Waals surface area contributed by atoms with Gasteiger partial charge in [0.1, 0.15) is 0 Å². The van der Waals surface area contributed by atoms with E-state index in [9.17, 15) is 0 Å². The molecule has 2 rings (SSSR count). The summed E-state index contributed by atoms with van der Waals surface area (Å²) in [6, 6.07) is 14.1. The maximum atomic E-state index is 8.90. The van der Waals surface area contributed by atoms with Gasteiger partial charge in [-0.05, 0) is 22.4 Å². The summed E-state index contributed by atoms with van der Waals surface area (Å²) in [7, 11) is 0. The molecule has 0 aliphatic rings. The molecule has 0 spiro atoms. The quantitative estimate of drug-likeness (QED) is 0.703. The Morgan fingerprint density at radius 3 is 2.31 bits per heavy atom. The summed E-state index contributed by atoms with van der Waals surface area (Å²) in [5, 5.41) is 11.3. The van der Waals surface area contributed by atoms with Crippen LogP contribution in [0.4, 0.5) is 0 Å². The molecule has 13 heavy (non-hydrogen) atoms. The Labute approximate surface area is 76.8 Å². The second-order valence-electron chi connectivity index (χ2n) is 2.84. The van der Waals surface area contributed by atoms with Gasteiger partial charge in [0.2, 0.25) is 0 Å². The molecular weight excluding hydrogens is 164 g/mol. The lowest BCUT2D eigenvalue weighted by molar-refractivity contribution is 0.282. The minimum atomic E-state index is 0. The fraction of sp³-hybridized carbons (Fsp3) is 0.0909. The average molecular weight is 176 g/mol. The molecule has 0 fully saturated rings. The molecule has 0 amide bonds. The summed E-state index contributed by atoms with van der Waals surface area (Å²) in [5.74, 6) is 0. The maximum absolute atomic E-state index is 8.90. The standard InChI is InChI=1S/C11H10O.H2O/c12-8-9-5-6-10-3-1-2-4-11(10)7-9;/h1-7,12H,8H2;1H2. The Hall–Kier alpha value is -1.38. The van der Waals surface area contributed by atoms with Gasteiger partial charge < -0.3 is 10.6 Å². The highest BCUT2D eigenvalue weighted by atomic mass is 16.3. The second-order valence-corrected chi connectivity index (χ2v) is 2.84. The molecule has 3 N–H and O–H groups in total. The third-order valence-electron chi connectivity index (χ3n) is 2.00. The van der Waals surface area contributed by atoms with Gasteiger partial charge in [-0.3, -0.25) is 0 Å². The van der Waals surface area contributed by atoms with Crippen LogP contribution in [-0.4, -0.2) is 10.6 Å². The molecule has 0 aliphatic heterocycles. The molecule has 0 radical (unpaired) electrons. The van der Waals surface area contributed by atoms with E-state index in [2.05, 4.69) is 12.1 Å². The molecule has 0 unspecified atom stereocenters. The summed E-state index contributed by atoms with van der Waals surface area (Å²) >= 11 is 0. The largest absolute Gasteiger partial charge is 0.412 e. The van der Waals surface area contributed by atoms with Crippen molar-refractivity contribution in [1.82, 2.24) is 0 Å². The van der Waals surface area contributed by atoms with Gasteiger partial charge in [-0.2, -0.15) is 0 Å².